The SMILES string of the molecule is CCSCCCNCCC(O)CC. The minimum absolute atomic E-state index is 0.113. The van der Waals surface area contributed by atoms with E-state index in [0.717, 1.165) is 25.9 Å². The van der Waals surface area contributed by atoms with Crippen LogP contribution in [0.2, 0.25) is 0 Å². The maximum Gasteiger partial charge on any atom is 0.0549 e. The Morgan fingerprint density at radius 3 is 2.69 bits per heavy atom. The number of hydrogen-bond acceptors (Lipinski definition) is 3. The van der Waals surface area contributed by atoms with Gasteiger partial charge in [0.15, 0.2) is 0 Å². The molecule has 0 aliphatic rings. The molecule has 0 saturated heterocycles. The molecule has 3 heteroatoms. The van der Waals surface area contributed by atoms with E-state index >= 15 is 0 Å². The Hall–Kier alpha value is 0.270. The van der Waals surface area contributed by atoms with E-state index in [4.69, 9.17) is 0 Å². The van der Waals surface area contributed by atoms with Gasteiger partial charge in [-0.1, -0.05) is 13.8 Å². The molecular formula is C10H23NOS. The first-order valence-corrected chi connectivity index (χ1v) is 6.43. The Morgan fingerprint density at radius 1 is 1.31 bits per heavy atom. The standard InChI is InChI=1S/C10H23NOS/c1-3-10(12)6-8-11-7-5-9-13-4-2/h10-12H,3-9H2,1-2H3. The highest BCUT2D eigenvalue weighted by atomic mass is 32.2. The Balaban J connectivity index is 2.91. The highest BCUT2D eigenvalue weighted by Gasteiger charge is 1.98. The van der Waals surface area contributed by atoms with E-state index in [1.807, 2.05) is 18.7 Å². The molecule has 0 fully saturated rings. The molecule has 0 heterocycles. The molecule has 2 N–H and O–H groups in total. The number of aliphatic hydroxyl groups excluding tert-OH is 1. The quantitative estimate of drug-likeness (QED) is 0.564. The maximum atomic E-state index is 9.25. The van der Waals surface area contributed by atoms with Gasteiger partial charge in [-0.05, 0) is 43.9 Å². The molecule has 0 radical (unpaired) electrons. The fraction of sp³-hybridized carbons (Fsp3) is 1.00. The lowest BCUT2D eigenvalue weighted by molar-refractivity contribution is 0.160. The summed E-state index contributed by atoms with van der Waals surface area (Å²) in [6.07, 6.45) is 2.88. The van der Waals surface area contributed by atoms with Crippen molar-refractivity contribution in [2.75, 3.05) is 24.6 Å². The summed E-state index contributed by atoms with van der Waals surface area (Å²) in [6, 6.07) is 0. The van der Waals surface area contributed by atoms with Crippen molar-refractivity contribution in [1.82, 2.24) is 5.32 Å². The Labute approximate surface area is 86.5 Å². The van der Waals surface area contributed by atoms with E-state index in [1.165, 1.54) is 17.9 Å². The van der Waals surface area contributed by atoms with Gasteiger partial charge in [-0.15, -0.1) is 0 Å². The first kappa shape index (κ1) is 13.3. The van der Waals surface area contributed by atoms with Crippen molar-refractivity contribution >= 4 is 11.8 Å². The van der Waals surface area contributed by atoms with Gasteiger partial charge in [-0.3, -0.25) is 0 Å². The first-order chi connectivity index (χ1) is 6.31. The summed E-state index contributed by atoms with van der Waals surface area (Å²) in [7, 11) is 0. The molecule has 1 unspecified atom stereocenters. The van der Waals surface area contributed by atoms with Crippen LogP contribution in [0.4, 0.5) is 0 Å². The number of nitrogens with one attached hydrogen (secondary N) is 1. The molecule has 0 bridgehead atoms. The number of thioether (sulfide) groups is 1. The van der Waals surface area contributed by atoms with Gasteiger partial charge in [-0.25, -0.2) is 0 Å². The lowest BCUT2D eigenvalue weighted by atomic mass is 10.2. The van der Waals surface area contributed by atoms with Crippen LogP contribution in [0.15, 0.2) is 0 Å². The fourth-order valence-corrected chi connectivity index (χ4v) is 1.68. The van der Waals surface area contributed by atoms with Crippen molar-refractivity contribution in [2.45, 2.75) is 39.2 Å². The first-order valence-electron chi connectivity index (χ1n) is 5.27. The topological polar surface area (TPSA) is 32.3 Å². The van der Waals surface area contributed by atoms with Crippen LogP contribution >= 0.6 is 11.8 Å². The molecule has 0 amide bonds. The van der Waals surface area contributed by atoms with Gasteiger partial charge < -0.3 is 10.4 Å². The molecule has 0 rings (SSSR count). The van der Waals surface area contributed by atoms with Crippen LogP contribution in [0.25, 0.3) is 0 Å². The fourth-order valence-electron chi connectivity index (χ4n) is 1.04. The van der Waals surface area contributed by atoms with E-state index in [1.54, 1.807) is 0 Å². The van der Waals surface area contributed by atoms with Gasteiger partial charge in [0.2, 0.25) is 0 Å². The second kappa shape index (κ2) is 10.4. The molecule has 13 heavy (non-hydrogen) atoms. The summed E-state index contributed by atoms with van der Waals surface area (Å²) in [5, 5.41) is 12.6. The van der Waals surface area contributed by atoms with Crippen molar-refractivity contribution in [3.63, 3.8) is 0 Å². The molecule has 80 valence electrons. The molecule has 0 spiro atoms. The summed E-state index contributed by atoms with van der Waals surface area (Å²) in [5.41, 5.74) is 0. The molecular weight excluding hydrogens is 182 g/mol. The van der Waals surface area contributed by atoms with E-state index < -0.39 is 0 Å². The van der Waals surface area contributed by atoms with Crippen molar-refractivity contribution in [1.29, 1.82) is 0 Å². The Morgan fingerprint density at radius 2 is 2.08 bits per heavy atom. The van der Waals surface area contributed by atoms with Crippen LogP contribution in [0.1, 0.15) is 33.1 Å². The van der Waals surface area contributed by atoms with Crippen LogP contribution in [0.3, 0.4) is 0 Å². The summed E-state index contributed by atoms with van der Waals surface area (Å²) in [4.78, 5) is 0. The van der Waals surface area contributed by atoms with Gasteiger partial charge in [0.05, 0.1) is 6.10 Å². The number of hydrogen-bond donors (Lipinski definition) is 2. The van der Waals surface area contributed by atoms with E-state index in [0.29, 0.717) is 0 Å². The van der Waals surface area contributed by atoms with E-state index in [-0.39, 0.29) is 6.10 Å². The molecule has 0 aromatic carbocycles. The highest BCUT2D eigenvalue weighted by molar-refractivity contribution is 7.99. The molecule has 0 saturated carbocycles. The minimum Gasteiger partial charge on any atom is -0.393 e. The lowest BCUT2D eigenvalue weighted by Crippen LogP contribution is -2.21. The third-order valence-electron chi connectivity index (χ3n) is 1.97. The number of aliphatic hydroxyl groups is 1. The van der Waals surface area contributed by atoms with E-state index in [2.05, 4.69) is 12.2 Å². The zero-order valence-electron chi connectivity index (χ0n) is 8.88. The van der Waals surface area contributed by atoms with Crippen LogP contribution in [0.5, 0.6) is 0 Å². The largest absolute Gasteiger partial charge is 0.393 e. The molecule has 2 nitrogen and oxygen atoms in total. The molecule has 0 aromatic rings. The summed E-state index contributed by atoms with van der Waals surface area (Å²) in [5.74, 6) is 2.47. The molecule has 1 atom stereocenters. The van der Waals surface area contributed by atoms with Crippen molar-refractivity contribution in [2.24, 2.45) is 0 Å². The third-order valence-corrected chi connectivity index (χ3v) is 2.96. The second-order valence-corrected chi connectivity index (χ2v) is 4.55. The average molecular weight is 205 g/mol. The summed E-state index contributed by atoms with van der Waals surface area (Å²) in [6.45, 7) is 6.24. The van der Waals surface area contributed by atoms with Gasteiger partial charge in [-0.2, -0.15) is 11.8 Å². The predicted molar refractivity (Wildman–Crippen MR) is 61.4 cm³/mol. The molecule has 0 aliphatic carbocycles. The Bertz CT molecular complexity index is 101. The van der Waals surface area contributed by atoms with E-state index in [9.17, 15) is 5.11 Å². The van der Waals surface area contributed by atoms with Crippen molar-refractivity contribution in [3.05, 3.63) is 0 Å². The zero-order chi connectivity index (χ0) is 9.94. The van der Waals surface area contributed by atoms with Gasteiger partial charge in [0.25, 0.3) is 0 Å². The molecule has 0 aliphatic heterocycles. The number of rotatable bonds is 9. The lowest BCUT2D eigenvalue weighted by Gasteiger charge is -2.08. The van der Waals surface area contributed by atoms with Gasteiger partial charge in [0.1, 0.15) is 0 Å². The average Bonchev–Trinajstić information content (AvgIpc) is 2.16. The molecule has 0 aromatic heterocycles. The van der Waals surface area contributed by atoms with Gasteiger partial charge in [0, 0.05) is 0 Å². The highest BCUT2D eigenvalue weighted by Crippen LogP contribution is 1.99. The zero-order valence-corrected chi connectivity index (χ0v) is 9.70. The maximum absolute atomic E-state index is 9.25. The van der Waals surface area contributed by atoms with Crippen molar-refractivity contribution in [3.8, 4) is 0 Å². The minimum atomic E-state index is -0.113. The monoisotopic (exact) mass is 205 g/mol. The van der Waals surface area contributed by atoms with Crippen LogP contribution in [-0.4, -0.2) is 35.8 Å². The van der Waals surface area contributed by atoms with Crippen LogP contribution < -0.4 is 5.32 Å². The van der Waals surface area contributed by atoms with Crippen LogP contribution in [0, 0.1) is 0 Å². The van der Waals surface area contributed by atoms with Crippen molar-refractivity contribution < 1.29 is 5.11 Å². The van der Waals surface area contributed by atoms with Crippen LogP contribution in [-0.2, 0) is 0 Å². The summed E-state index contributed by atoms with van der Waals surface area (Å²) < 4.78 is 0. The summed E-state index contributed by atoms with van der Waals surface area (Å²) >= 11 is 1.99. The predicted octanol–water partition coefficient (Wildman–Crippen LogP) is 1.88. The second-order valence-electron chi connectivity index (χ2n) is 3.15. The third kappa shape index (κ3) is 10.2. The normalized spacial score (nSPS) is 13.2. The smallest absolute Gasteiger partial charge is 0.0549 e. The Kier molecular flexibility index (Phi) is 10.6. The van der Waals surface area contributed by atoms with Gasteiger partial charge >= 0.3 is 0 Å².